The summed E-state index contributed by atoms with van der Waals surface area (Å²) in [4.78, 5) is 0. The third-order valence-corrected chi connectivity index (χ3v) is 6.70. The first-order chi connectivity index (χ1) is 16.3. The van der Waals surface area contributed by atoms with Crippen molar-refractivity contribution in [1.29, 1.82) is 0 Å². The smallest absolute Gasteiger partial charge is 0.128 e. The third kappa shape index (κ3) is 17.0. The number of unbranched alkanes of at least 4 members (excludes halogenated alkanes) is 19. The van der Waals surface area contributed by atoms with E-state index in [1.807, 2.05) is 18.2 Å². The summed E-state index contributed by atoms with van der Waals surface area (Å²) < 4.78 is 11.1. The summed E-state index contributed by atoms with van der Waals surface area (Å²) in [5.41, 5.74) is 0.823. The SMILES string of the molecule is CCCCCCCCCCCCCCCCCCCCCCOc1cc(OC)ccc1CO. The summed E-state index contributed by atoms with van der Waals surface area (Å²) in [6, 6.07) is 5.59. The molecule has 0 spiro atoms. The first kappa shape index (κ1) is 29.8. The lowest BCUT2D eigenvalue weighted by Crippen LogP contribution is -2.01. The molecule has 0 aliphatic heterocycles. The second-order valence-electron chi connectivity index (χ2n) is 9.70. The second kappa shape index (κ2) is 22.6. The van der Waals surface area contributed by atoms with Crippen molar-refractivity contribution in [1.82, 2.24) is 0 Å². The Balaban J connectivity index is 1.80. The van der Waals surface area contributed by atoms with Crippen molar-refractivity contribution in [2.24, 2.45) is 0 Å². The van der Waals surface area contributed by atoms with Gasteiger partial charge in [0.1, 0.15) is 11.5 Å². The monoisotopic (exact) mass is 462 g/mol. The maximum atomic E-state index is 9.43. The van der Waals surface area contributed by atoms with Crippen LogP contribution in [0.3, 0.4) is 0 Å². The highest BCUT2D eigenvalue weighted by Crippen LogP contribution is 2.25. The molecule has 0 aliphatic carbocycles. The Morgan fingerprint density at radius 2 is 1.03 bits per heavy atom. The first-order valence-corrected chi connectivity index (χ1v) is 14.2. The summed E-state index contributed by atoms with van der Waals surface area (Å²) in [7, 11) is 1.65. The Kier molecular flexibility index (Phi) is 20.4. The molecule has 192 valence electrons. The van der Waals surface area contributed by atoms with Gasteiger partial charge in [-0.25, -0.2) is 0 Å². The number of aliphatic hydroxyl groups is 1. The Morgan fingerprint density at radius 1 is 0.606 bits per heavy atom. The van der Waals surface area contributed by atoms with Crippen LogP contribution in [0.15, 0.2) is 18.2 Å². The fourth-order valence-electron chi connectivity index (χ4n) is 4.47. The van der Waals surface area contributed by atoms with E-state index >= 15 is 0 Å². The highest BCUT2D eigenvalue weighted by molar-refractivity contribution is 5.40. The number of ether oxygens (including phenoxy) is 2. The second-order valence-corrected chi connectivity index (χ2v) is 9.70. The molecule has 3 heteroatoms. The molecule has 0 saturated carbocycles. The Labute approximate surface area is 205 Å². The Morgan fingerprint density at radius 3 is 1.42 bits per heavy atom. The lowest BCUT2D eigenvalue weighted by molar-refractivity contribution is 0.259. The quantitative estimate of drug-likeness (QED) is 0.155. The van der Waals surface area contributed by atoms with Crippen LogP contribution in [0.1, 0.15) is 141 Å². The fourth-order valence-corrected chi connectivity index (χ4v) is 4.47. The van der Waals surface area contributed by atoms with Crippen LogP contribution in [0.25, 0.3) is 0 Å². The lowest BCUT2D eigenvalue weighted by atomic mass is 10.0. The van der Waals surface area contributed by atoms with Gasteiger partial charge in [-0.2, -0.15) is 0 Å². The molecular weight excluding hydrogens is 408 g/mol. The molecule has 0 atom stereocenters. The fraction of sp³-hybridized carbons (Fsp3) is 0.800. The normalized spacial score (nSPS) is 11.1. The molecule has 1 aromatic carbocycles. The predicted octanol–water partition coefficient (Wildman–Crippen LogP) is 9.39. The van der Waals surface area contributed by atoms with Crippen LogP contribution < -0.4 is 9.47 Å². The van der Waals surface area contributed by atoms with E-state index < -0.39 is 0 Å². The number of hydrogen-bond donors (Lipinski definition) is 1. The van der Waals surface area contributed by atoms with Crippen LogP contribution in [0, 0.1) is 0 Å². The predicted molar refractivity (Wildman–Crippen MR) is 142 cm³/mol. The molecule has 0 aliphatic rings. The van der Waals surface area contributed by atoms with E-state index in [0.29, 0.717) is 6.61 Å². The van der Waals surface area contributed by atoms with Gasteiger partial charge in [0.2, 0.25) is 0 Å². The minimum absolute atomic E-state index is 0.00141. The molecule has 0 fully saturated rings. The topological polar surface area (TPSA) is 38.7 Å². The highest BCUT2D eigenvalue weighted by Gasteiger charge is 2.05. The lowest BCUT2D eigenvalue weighted by Gasteiger charge is -2.11. The number of hydrogen-bond acceptors (Lipinski definition) is 3. The van der Waals surface area contributed by atoms with Crippen LogP contribution in [0.4, 0.5) is 0 Å². The van der Waals surface area contributed by atoms with Crippen molar-refractivity contribution in [3.8, 4) is 11.5 Å². The summed E-state index contributed by atoms with van der Waals surface area (Å²) in [6.45, 7) is 3.00. The Bertz CT molecular complexity index is 543. The summed E-state index contributed by atoms with van der Waals surface area (Å²) in [5.74, 6) is 1.51. The van der Waals surface area contributed by atoms with Gasteiger partial charge in [-0.15, -0.1) is 0 Å². The average Bonchev–Trinajstić information content (AvgIpc) is 2.84. The standard InChI is InChI=1S/C30H54O3/c1-3-4-5-6-7-8-9-10-11-12-13-14-15-16-17-18-19-20-21-22-25-33-30-26-29(32-2)24-23-28(30)27-31/h23-24,26,31H,3-22,25,27H2,1-2H3. The van der Waals surface area contributed by atoms with Crippen molar-refractivity contribution in [3.05, 3.63) is 23.8 Å². The molecule has 3 nitrogen and oxygen atoms in total. The van der Waals surface area contributed by atoms with Gasteiger partial charge in [0, 0.05) is 11.6 Å². The molecule has 0 bridgehead atoms. The largest absolute Gasteiger partial charge is 0.497 e. The zero-order valence-corrected chi connectivity index (χ0v) is 22.1. The van der Waals surface area contributed by atoms with Crippen LogP contribution in [0.2, 0.25) is 0 Å². The highest BCUT2D eigenvalue weighted by atomic mass is 16.5. The molecule has 0 heterocycles. The van der Waals surface area contributed by atoms with E-state index in [4.69, 9.17) is 9.47 Å². The molecule has 1 N–H and O–H groups in total. The van der Waals surface area contributed by atoms with E-state index in [1.165, 1.54) is 122 Å². The molecule has 0 saturated heterocycles. The Hall–Kier alpha value is -1.22. The van der Waals surface area contributed by atoms with Gasteiger partial charge in [0.25, 0.3) is 0 Å². The van der Waals surface area contributed by atoms with Gasteiger partial charge in [-0.1, -0.05) is 129 Å². The van der Waals surface area contributed by atoms with Gasteiger partial charge in [0.15, 0.2) is 0 Å². The molecule has 0 amide bonds. The van der Waals surface area contributed by atoms with Crippen molar-refractivity contribution < 1.29 is 14.6 Å². The molecule has 33 heavy (non-hydrogen) atoms. The first-order valence-electron chi connectivity index (χ1n) is 14.2. The van der Waals surface area contributed by atoms with Gasteiger partial charge in [-0.3, -0.25) is 0 Å². The van der Waals surface area contributed by atoms with Crippen LogP contribution in [-0.4, -0.2) is 18.8 Å². The minimum atomic E-state index is -0.00141. The van der Waals surface area contributed by atoms with E-state index in [9.17, 15) is 5.11 Å². The molecule has 1 aromatic rings. The van der Waals surface area contributed by atoms with Crippen molar-refractivity contribution >= 4 is 0 Å². The van der Waals surface area contributed by atoms with Gasteiger partial charge >= 0.3 is 0 Å². The molecule has 0 unspecified atom stereocenters. The maximum Gasteiger partial charge on any atom is 0.128 e. The zero-order chi connectivity index (χ0) is 23.8. The molecular formula is C30H54O3. The van der Waals surface area contributed by atoms with E-state index in [0.717, 1.165) is 23.5 Å². The van der Waals surface area contributed by atoms with Crippen LogP contribution >= 0.6 is 0 Å². The van der Waals surface area contributed by atoms with Crippen LogP contribution in [-0.2, 0) is 6.61 Å². The molecule has 1 rings (SSSR count). The van der Waals surface area contributed by atoms with Gasteiger partial charge < -0.3 is 14.6 Å². The zero-order valence-electron chi connectivity index (χ0n) is 22.1. The van der Waals surface area contributed by atoms with E-state index in [-0.39, 0.29) is 6.61 Å². The van der Waals surface area contributed by atoms with Crippen molar-refractivity contribution in [2.75, 3.05) is 13.7 Å². The number of rotatable bonds is 24. The van der Waals surface area contributed by atoms with Gasteiger partial charge in [-0.05, 0) is 18.6 Å². The minimum Gasteiger partial charge on any atom is -0.497 e. The summed E-state index contributed by atoms with van der Waals surface area (Å²) in [6.07, 6.45) is 27.9. The number of methoxy groups -OCH3 is 1. The molecule has 0 radical (unpaired) electrons. The van der Waals surface area contributed by atoms with Gasteiger partial charge in [0.05, 0.1) is 20.3 Å². The molecule has 0 aromatic heterocycles. The third-order valence-electron chi connectivity index (χ3n) is 6.70. The number of aliphatic hydroxyl groups excluding tert-OH is 1. The maximum absolute atomic E-state index is 9.43. The number of benzene rings is 1. The average molecular weight is 463 g/mol. The van der Waals surface area contributed by atoms with Crippen molar-refractivity contribution in [3.63, 3.8) is 0 Å². The van der Waals surface area contributed by atoms with Crippen molar-refractivity contribution in [2.45, 2.75) is 142 Å². The van der Waals surface area contributed by atoms with Crippen LogP contribution in [0.5, 0.6) is 11.5 Å². The summed E-state index contributed by atoms with van der Waals surface area (Å²) in [5, 5.41) is 9.43. The van der Waals surface area contributed by atoms with E-state index in [1.54, 1.807) is 7.11 Å². The van der Waals surface area contributed by atoms with E-state index in [2.05, 4.69) is 6.92 Å². The summed E-state index contributed by atoms with van der Waals surface area (Å²) >= 11 is 0.